The molecule has 15 nitrogen and oxygen atoms in total. The Morgan fingerprint density at radius 2 is 2.09 bits per heavy atom. The highest BCUT2D eigenvalue weighted by Crippen LogP contribution is 2.55. The molecule has 0 bridgehead atoms. The lowest BCUT2D eigenvalue weighted by molar-refractivity contribution is -0.135. The fourth-order valence-corrected chi connectivity index (χ4v) is 6.35. The Balaban J connectivity index is 1.88. The highest BCUT2D eigenvalue weighted by Gasteiger charge is 2.45. The van der Waals surface area contributed by atoms with Crippen molar-refractivity contribution in [2.24, 2.45) is 7.05 Å². The van der Waals surface area contributed by atoms with Crippen molar-refractivity contribution in [2.75, 3.05) is 19.0 Å². The zero-order chi connectivity index (χ0) is 25.2. The minimum absolute atomic E-state index is 0.0842. The molecule has 0 spiro atoms. The third-order valence-corrected chi connectivity index (χ3v) is 8.70. The second kappa shape index (κ2) is 10.9. The molecule has 1 aliphatic rings. The van der Waals surface area contributed by atoms with Crippen LogP contribution in [-0.2, 0) is 38.7 Å². The molecular weight excluding hydrogens is 515 g/mol. The molecule has 18 heteroatoms. The predicted octanol–water partition coefficient (Wildman–Crippen LogP) is 1.34. The standard InChI is InChI=1S/C16H26N5O10P3/c1-4-13(23)21-10(9-6-20(3)15-14(9)18-8-19-16(15)17-2)5-12(22)11(21)7-29-34(27,28)31-33(26)30-32(24)25/h6,8,10-12,22,32-33H,4-5,7H2,1-3H3,(H,24,25)(H,27,28)(H,17,18,19)/t10-,11-,12+/m1/s1. The lowest BCUT2D eigenvalue weighted by Crippen LogP contribution is -2.43. The van der Waals surface area contributed by atoms with Crippen LogP contribution in [0.1, 0.15) is 31.4 Å². The molecule has 0 saturated carbocycles. The van der Waals surface area contributed by atoms with Crippen molar-refractivity contribution in [3.05, 3.63) is 18.1 Å². The van der Waals surface area contributed by atoms with E-state index in [-0.39, 0.29) is 18.7 Å². The number of nitrogens with zero attached hydrogens (tertiary/aromatic N) is 4. The first kappa shape index (κ1) is 26.9. The van der Waals surface area contributed by atoms with Crippen LogP contribution in [0.15, 0.2) is 12.5 Å². The summed E-state index contributed by atoms with van der Waals surface area (Å²) in [5.74, 6) is 0.228. The number of fused-ring (bicyclic) bond motifs is 1. The summed E-state index contributed by atoms with van der Waals surface area (Å²) >= 11 is 0. The second-order valence-electron chi connectivity index (χ2n) is 7.38. The first-order chi connectivity index (χ1) is 16.0. The normalized spacial score (nSPS) is 24.2. The maximum atomic E-state index is 12.9. The third-order valence-electron chi connectivity index (χ3n) is 5.34. The zero-order valence-corrected chi connectivity index (χ0v) is 21.3. The van der Waals surface area contributed by atoms with E-state index in [2.05, 4.69) is 23.9 Å². The molecule has 4 N–H and O–H groups in total. The van der Waals surface area contributed by atoms with Gasteiger partial charge < -0.3 is 29.7 Å². The number of hydrogen-bond donors (Lipinski definition) is 4. The third kappa shape index (κ3) is 5.76. The molecule has 3 unspecified atom stereocenters. The van der Waals surface area contributed by atoms with E-state index in [0.29, 0.717) is 22.4 Å². The fourth-order valence-electron chi connectivity index (χ4n) is 3.99. The number of carbonyl (C=O) groups excluding carboxylic acids is 1. The molecule has 0 aliphatic carbocycles. The summed E-state index contributed by atoms with van der Waals surface area (Å²) in [5.41, 5.74) is 1.91. The van der Waals surface area contributed by atoms with Crippen molar-refractivity contribution in [3.8, 4) is 0 Å². The van der Waals surface area contributed by atoms with Gasteiger partial charge in [0.25, 0.3) is 0 Å². The summed E-state index contributed by atoms with van der Waals surface area (Å²) in [7, 11) is -8.95. The molecule has 0 radical (unpaired) electrons. The molecule has 1 aliphatic heterocycles. The summed E-state index contributed by atoms with van der Waals surface area (Å²) in [6, 6.07) is -1.66. The van der Waals surface area contributed by atoms with Crippen LogP contribution >= 0.6 is 24.3 Å². The van der Waals surface area contributed by atoms with Crippen molar-refractivity contribution < 1.29 is 46.5 Å². The average Bonchev–Trinajstić information content (AvgIpc) is 3.27. The minimum atomic E-state index is -4.99. The molecule has 190 valence electrons. The first-order valence-electron chi connectivity index (χ1n) is 10.1. The van der Waals surface area contributed by atoms with Crippen LogP contribution in [-0.4, -0.2) is 66.0 Å². The predicted molar refractivity (Wildman–Crippen MR) is 121 cm³/mol. The maximum absolute atomic E-state index is 12.9. The SMILES string of the molecule is CCC(=O)N1[C@@H](c2cn(C)c3c(NC)ncnc23)C[C@H](O)[C@H]1COP(=O)(O)O[PH](=O)O[PH](=O)O. The lowest BCUT2D eigenvalue weighted by atomic mass is 10.1. The Hall–Kier alpha value is -1.66. The molecule has 34 heavy (non-hydrogen) atoms. The Kier molecular flexibility index (Phi) is 8.67. The van der Waals surface area contributed by atoms with Crippen molar-refractivity contribution in [3.63, 3.8) is 0 Å². The molecule has 2 aromatic heterocycles. The van der Waals surface area contributed by atoms with E-state index in [0.717, 1.165) is 0 Å². The van der Waals surface area contributed by atoms with Crippen LogP contribution in [0.25, 0.3) is 11.0 Å². The van der Waals surface area contributed by atoms with E-state index in [1.807, 2.05) is 0 Å². The largest absolute Gasteiger partial charge is 0.479 e. The van der Waals surface area contributed by atoms with Crippen LogP contribution < -0.4 is 5.32 Å². The number of aliphatic hydroxyl groups excluding tert-OH is 1. The smallest absolute Gasteiger partial charge is 0.391 e. The van der Waals surface area contributed by atoms with Crippen molar-refractivity contribution in [1.29, 1.82) is 0 Å². The van der Waals surface area contributed by atoms with Gasteiger partial charge in [-0.25, -0.2) is 23.2 Å². The Morgan fingerprint density at radius 1 is 1.38 bits per heavy atom. The molecule has 6 atom stereocenters. The van der Waals surface area contributed by atoms with Gasteiger partial charge in [0.05, 0.1) is 30.3 Å². The van der Waals surface area contributed by atoms with E-state index in [1.165, 1.54) is 11.2 Å². The van der Waals surface area contributed by atoms with Crippen LogP contribution in [0.2, 0.25) is 0 Å². The van der Waals surface area contributed by atoms with Gasteiger partial charge in [-0.05, 0) is 0 Å². The maximum Gasteiger partial charge on any atom is 0.479 e. The van der Waals surface area contributed by atoms with Gasteiger partial charge in [0, 0.05) is 38.7 Å². The fraction of sp³-hybridized carbons (Fsp3) is 0.562. The van der Waals surface area contributed by atoms with Crippen LogP contribution in [0.5, 0.6) is 0 Å². The monoisotopic (exact) mass is 541 g/mol. The number of likely N-dealkylation sites (tertiary alicyclic amines) is 1. The average molecular weight is 541 g/mol. The number of aryl methyl sites for hydroxylation is 1. The van der Waals surface area contributed by atoms with E-state index < -0.39 is 49.1 Å². The summed E-state index contributed by atoms with van der Waals surface area (Å²) in [6.45, 7) is 0.995. The highest BCUT2D eigenvalue weighted by atomic mass is 31.3. The van der Waals surface area contributed by atoms with Crippen LogP contribution in [0.4, 0.5) is 5.82 Å². The number of phosphoric ester groups is 1. The molecule has 1 amide bonds. The van der Waals surface area contributed by atoms with Gasteiger partial charge in [-0.2, -0.15) is 0 Å². The summed E-state index contributed by atoms with van der Waals surface area (Å²) in [6.07, 6.45) is 2.20. The number of phosphoric acid groups is 1. The second-order valence-corrected chi connectivity index (χ2v) is 11.2. The van der Waals surface area contributed by atoms with Crippen molar-refractivity contribution >= 4 is 47.1 Å². The minimum Gasteiger partial charge on any atom is -0.391 e. The number of nitrogens with one attached hydrogen (secondary N) is 1. The van der Waals surface area contributed by atoms with E-state index in [9.17, 15) is 28.5 Å². The molecule has 2 aromatic rings. The molecule has 3 rings (SSSR count). The van der Waals surface area contributed by atoms with E-state index in [1.54, 1.807) is 31.8 Å². The molecule has 1 fully saturated rings. The van der Waals surface area contributed by atoms with E-state index in [4.69, 9.17) is 9.42 Å². The van der Waals surface area contributed by atoms with Crippen LogP contribution in [0, 0.1) is 0 Å². The first-order valence-corrected chi connectivity index (χ1v) is 14.1. The number of aliphatic hydroxyl groups is 1. The van der Waals surface area contributed by atoms with Crippen molar-refractivity contribution in [2.45, 2.75) is 38.0 Å². The zero-order valence-electron chi connectivity index (χ0n) is 18.4. The Labute approximate surface area is 195 Å². The van der Waals surface area contributed by atoms with Gasteiger partial charge in [0.1, 0.15) is 11.8 Å². The van der Waals surface area contributed by atoms with Gasteiger partial charge in [0.2, 0.25) is 5.91 Å². The molecule has 1 saturated heterocycles. The number of amides is 1. The van der Waals surface area contributed by atoms with Crippen molar-refractivity contribution in [1.82, 2.24) is 19.4 Å². The number of anilines is 1. The quantitative estimate of drug-likeness (QED) is 0.314. The highest BCUT2D eigenvalue weighted by molar-refractivity contribution is 7.58. The molecule has 3 heterocycles. The molecule has 0 aromatic carbocycles. The van der Waals surface area contributed by atoms with Crippen LogP contribution in [0.3, 0.4) is 0 Å². The number of hydrogen-bond acceptors (Lipinski definition) is 11. The number of carbonyl (C=O) groups is 1. The van der Waals surface area contributed by atoms with Gasteiger partial charge in [-0.3, -0.25) is 18.4 Å². The summed E-state index contributed by atoms with van der Waals surface area (Å²) in [4.78, 5) is 41.1. The Morgan fingerprint density at radius 3 is 2.71 bits per heavy atom. The number of rotatable bonds is 10. The van der Waals surface area contributed by atoms with Gasteiger partial charge >= 0.3 is 24.3 Å². The topological polar surface area (TPSA) is 203 Å². The Bertz CT molecular complexity index is 1160. The van der Waals surface area contributed by atoms with E-state index >= 15 is 0 Å². The molecular formula is C16H26N5O10P3. The van der Waals surface area contributed by atoms with Gasteiger partial charge in [-0.1, -0.05) is 6.92 Å². The van der Waals surface area contributed by atoms with Gasteiger partial charge in [-0.15, -0.1) is 0 Å². The number of aromatic nitrogens is 3. The lowest BCUT2D eigenvalue weighted by Gasteiger charge is -2.30. The van der Waals surface area contributed by atoms with Gasteiger partial charge in [0.15, 0.2) is 5.82 Å². The summed E-state index contributed by atoms with van der Waals surface area (Å²) in [5, 5.41) is 13.7. The summed E-state index contributed by atoms with van der Waals surface area (Å²) < 4.78 is 48.9.